The molecule has 2 aliphatic heterocycles. The van der Waals surface area contributed by atoms with Crippen molar-refractivity contribution in [2.45, 2.75) is 12.5 Å². The summed E-state index contributed by atoms with van der Waals surface area (Å²) in [5.74, 6) is -0.124. The number of benzene rings is 2. The molecule has 4 heterocycles. The van der Waals surface area contributed by atoms with Crippen LogP contribution in [0.25, 0.3) is 28.2 Å². The zero-order chi connectivity index (χ0) is 25.0. The average Bonchev–Trinajstić information content (AvgIpc) is 3.55. The van der Waals surface area contributed by atoms with Gasteiger partial charge in [0.2, 0.25) is 5.78 Å². The predicted molar refractivity (Wildman–Crippen MR) is 134 cm³/mol. The molecule has 1 unspecified atom stereocenters. The maximum atomic E-state index is 12.9. The highest BCUT2D eigenvalue weighted by molar-refractivity contribution is 6.17. The number of aliphatic hydroxyl groups is 1. The molecule has 36 heavy (non-hydrogen) atoms. The third-order valence-electron chi connectivity index (χ3n) is 6.74. The summed E-state index contributed by atoms with van der Waals surface area (Å²) in [4.78, 5) is 31.9. The Morgan fingerprint density at radius 1 is 1.17 bits per heavy atom. The molecule has 0 radical (unpaired) electrons. The van der Waals surface area contributed by atoms with Gasteiger partial charge in [0.05, 0.1) is 6.10 Å². The number of ketones is 1. The maximum Gasteiger partial charge on any atom is 0.253 e. The number of aryl methyl sites for hydroxylation is 1. The van der Waals surface area contributed by atoms with Gasteiger partial charge >= 0.3 is 0 Å². The van der Waals surface area contributed by atoms with Crippen molar-refractivity contribution in [2.24, 2.45) is 7.05 Å². The molecule has 0 bridgehead atoms. The number of ether oxygens (including phenoxy) is 1. The highest BCUT2D eigenvalue weighted by Crippen LogP contribution is 2.39. The Morgan fingerprint density at radius 2 is 1.97 bits per heavy atom. The number of nitrogens with zero attached hydrogens (tertiary/aromatic N) is 3. The highest BCUT2D eigenvalue weighted by atomic mass is 16.5. The summed E-state index contributed by atoms with van der Waals surface area (Å²) >= 11 is 0. The Balaban J connectivity index is 1.39. The number of fused-ring (bicyclic) bond motifs is 2. The van der Waals surface area contributed by atoms with E-state index in [1.165, 1.54) is 6.07 Å². The molecule has 180 valence electrons. The van der Waals surface area contributed by atoms with E-state index < -0.39 is 6.10 Å². The molecule has 2 aliphatic rings. The number of hydrogen-bond acceptors (Lipinski definition) is 6. The third-order valence-corrected chi connectivity index (χ3v) is 6.74. The summed E-state index contributed by atoms with van der Waals surface area (Å²) in [5, 5.41) is 20.7. The Labute approximate surface area is 206 Å². The standard InChI is InChI=1S/C28H23N3O5/c1-30-14-18(13-23-26(34)25-21(33)3-2-4-22(25)36-23)24-20(9-11-29-27(24)30)16-5-7-17(8-6-16)28(35)31-12-10-19(32)15-31/h2-9,11,13-14,19,32-33H,10,12,15H2,1H3. The molecule has 0 spiro atoms. The van der Waals surface area contributed by atoms with E-state index in [-0.39, 0.29) is 28.8 Å². The van der Waals surface area contributed by atoms with E-state index >= 15 is 0 Å². The van der Waals surface area contributed by atoms with E-state index in [0.29, 0.717) is 30.8 Å². The number of amides is 1. The zero-order valence-corrected chi connectivity index (χ0v) is 19.5. The van der Waals surface area contributed by atoms with E-state index in [1.807, 2.05) is 36.0 Å². The number of carbonyl (C=O) groups is 2. The molecule has 1 saturated heterocycles. The van der Waals surface area contributed by atoms with Gasteiger partial charge < -0.3 is 24.4 Å². The normalized spacial score (nSPS) is 18.2. The van der Waals surface area contributed by atoms with Crippen molar-refractivity contribution in [3.63, 3.8) is 0 Å². The van der Waals surface area contributed by atoms with Gasteiger partial charge in [-0.2, -0.15) is 0 Å². The molecular formula is C28H23N3O5. The van der Waals surface area contributed by atoms with Crippen molar-refractivity contribution < 1.29 is 24.5 Å². The minimum Gasteiger partial charge on any atom is -0.507 e. The number of Topliss-reactive ketones (excluding diaryl/α,β-unsaturated/α-hetero) is 1. The monoisotopic (exact) mass is 481 g/mol. The first-order chi connectivity index (χ1) is 17.4. The molecular weight excluding hydrogens is 458 g/mol. The highest BCUT2D eigenvalue weighted by Gasteiger charge is 2.31. The molecule has 1 fully saturated rings. The lowest BCUT2D eigenvalue weighted by Gasteiger charge is -2.15. The molecule has 0 saturated carbocycles. The number of phenolic OH excluding ortho intramolecular Hbond substituents is 1. The number of carbonyl (C=O) groups excluding carboxylic acids is 2. The van der Waals surface area contributed by atoms with Crippen LogP contribution in [-0.2, 0) is 7.05 Å². The predicted octanol–water partition coefficient (Wildman–Crippen LogP) is 3.77. The first-order valence-corrected chi connectivity index (χ1v) is 11.7. The van der Waals surface area contributed by atoms with E-state index in [4.69, 9.17) is 4.74 Å². The molecule has 1 amide bonds. The van der Waals surface area contributed by atoms with Crippen molar-refractivity contribution >= 4 is 28.8 Å². The number of aliphatic hydroxyl groups excluding tert-OH is 1. The van der Waals surface area contributed by atoms with Crippen molar-refractivity contribution in [2.75, 3.05) is 13.1 Å². The van der Waals surface area contributed by atoms with Gasteiger partial charge in [-0.15, -0.1) is 0 Å². The van der Waals surface area contributed by atoms with Gasteiger partial charge in [-0.3, -0.25) is 9.59 Å². The van der Waals surface area contributed by atoms with Crippen LogP contribution >= 0.6 is 0 Å². The molecule has 0 aliphatic carbocycles. The number of hydrogen-bond donors (Lipinski definition) is 2. The van der Waals surface area contributed by atoms with Crippen LogP contribution in [0.3, 0.4) is 0 Å². The van der Waals surface area contributed by atoms with Gasteiger partial charge in [0.15, 0.2) is 5.76 Å². The van der Waals surface area contributed by atoms with Gasteiger partial charge in [0.1, 0.15) is 22.7 Å². The summed E-state index contributed by atoms with van der Waals surface area (Å²) in [6.07, 6.45) is 5.42. The van der Waals surface area contributed by atoms with E-state index in [2.05, 4.69) is 4.98 Å². The first kappa shape index (κ1) is 22.1. The molecule has 2 N–H and O–H groups in total. The number of allylic oxidation sites excluding steroid dienone is 1. The number of likely N-dealkylation sites (tertiary alicyclic amines) is 1. The second-order valence-corrected chi connectivity index (χ2v) is 9.11. The van der Waals surface area contributed by atoms with E-state index in [1.54, 1.807) is 41.4 Å². The summed E-state index contributed by atoms with van der Waals surface area (Å²) in [6, 6.07) is 14.0. The summed E-state index contributed by atoms with van der Waals surface area (Å²) in [7, 11) is 1.88. The van der Waals surface area contributed by atoms with E-state index in [9.17, 15) is 19.8 Å². The molecule has 8 heteroatoms. The summed E-state index contributed by atoms with van der Waals surface area (Å²) in [5.41, 5.74) is 4.00. The van der Waals surface area contributed by atoms with Crippen molar-refractivity contribution in [1.82, 2.24) is 14.5 Å². The molecule has 4 aromatic rings. The van der Waals surface area contributed by atoms with Crippen LogP contribution in [0.5, 0.6) is 11.5 Å². The minimum absolute atomic E-state index is 0.0946. The molecule has 8 nitrogen and oxygen atoms in total. The van der Waals surface area contributed by atoms with Crippen LogP contribution < -0.4 is 4.74 Å². The first-order valence-electron chi connectivity index (χ1n) is 11.7. The lowest BCUT2D eigenvalue weighted by atomic mass is 9.99. The topological polar surface area (TPSA) is 105 Å². The van der Waals surface area contributed by atoms with Gasteiger partial charge in [-0.25, -0.2) is 4.98 Å². The van der Waals surface area contributed by atoms with Gasteiger partial charge in [-0.05, 0) is 54.0 Å². The maximum absolute atomic E-state index is 12.9. The molecule has 1 atom stereocenters. The fourth-order valence-electron chi connectivity index (χ4n) is 4.95. The number of pyridine rings is 1. The molecule has 2 aromatic heterocycles. The summed E-state index contributed by atoms with van der Waals surface area (Å²) < 4.78 is 7.65. The Bertz CT molecular complexity index is 1570. The summed E-state index contributed by atoms with van der Waals surface area (Å²) in [6.45, 7) is 0.910. The third kappa shape index (κ3) is 3.54. The fourth-order valence-corrected chi connectivity index (χ4v) is 4.95. The van der Waals surface area contributed by atoms with Crippen LogP contribution in [0.2, 0.25) is 0 Å². The second-order valence-electron chi connectivity index (χ2n) is 9.11. The zero-order valence-electron chi connectivity index (χ0n) is 19.5. The number of phenols is 1. The van der Waals surface area contributed by atoms with Crippen LogP contribution in [0.1, 0.15) is 32.7 Å². The average molecular weight is 482 g/mol. The van der Waals surface area contributed by atoms with Crippen molar-refractivity contribution in [1.29, 1.82) is 0 Å². The fraction of sp³-hybridized carbons (Fsp3) is 0.179. The van der Waals surface area contributed by atoms with Gasteiger partial charge in [0.25, 0.3) is 5.91 Å². The number of aromatic hydroxyl groups is 1. The quantitative estimate of drug-likeness (QED) is 0.432. The molecule has 6 rings (SSSR count). The lowest BCUT2D eigenvalue weighted by molar-refractivity contribution is 0.0765. The largest absolute Gasteiger partial charge is 0.507 e. The van der Waals surface area contributed by atoms with Gasteiger partial charge in [0, 0.05) is 49.0 Å². The van der Waals surface area contributed by atoms with E-state index in [0.717, 1.165) is 27.7 Å². The number of β-amino-alcohol motifs (C(OH)–C–C–N with tert-alkyl or cyclic N) is 1. The van der Waals surface area contributed by atoms with Crippen LogP contribution in [0, 0.1) is 0 Å². The minimum atomic E-state index is -0.462. The van der Waals surface area contributed by atoms with Crippen LogP contribution in [0.4, 0.5) is 0 Å². The van der Waals surface area contributed by atoms with Crippen molar-refractivity contribution in [3.05, 3.63) is 83.4 Å². The molecule has 2 aromatic carbocycles. The lowest BCUT2D eigenvalue weighted by Crippen LogP contribution is -2.29. The Morgan fingerprint density at radius 3 is 2.69 bits per heavy atom. The Kier molecular flexibility index (Phi) is 5.12. The SMILES string of the molecule is Cn1cc(C=C2Oc3cccc(O)c3C2=O)c2c(-c3ccc(C(=O)N4CCC(O)C4)cc3)ccnc21. The van der Waals surface area contributed by atoms with Crippen LogP contribution in [0.15, 0.2) is 66.7 Å². The number of rotatable bonds is 3. The van der Waals surface area contributed by atoms with Gasteiger partial charge in [-0.1, -0.05) is 18.2 Å². The van der Waals surface area contributed by atoms with Crippen LogP contribution in [-0.4, -0.2) is 55.5 Å². The van der Waals surface area contributed by atoms with Crippen molar-refractivity contribution in [3.8, 4) is 22.6 Å². The Hall–Kier alpha value is -4.43. The smallest absolute Gasteiger partial charge is 0.253 e. The number of aromatic nitrogens is 2. The second kappa shape index (κ2) is 8.35.